The minimum absolute atomic E-state index is 0.0694. The van der Waals surface area contributed by atoms with Crippen LogP contribution in [-0.2, 0) is 6.42 Å². The molecule has 11 heavy (non-hydrogen) atoms. The Labute approximate surface area is 64.6 Å². The normalized spacial score (nSPS) is 16.8. The number of furan rings is 1. The highest BCUT2D eigenvalue weighted by Gasteiger charge is 2.22. The van der Waals surface area contributed by atoms with Crippen LogP contribution in [0.3, 0.4) is 0 Å². The standard InChI is InChI=1S/C8H9NO2/c1-9-3-2-6-4-11-5-7(6)8(9)10/h4-5H,2-3H2,1H3. The van der Waals surface area contributed by atoms with Gasteiger partial charge < -0.3 is 9.32 Å². The van der Waals surface area contributed by atoms with Crippen LogP contribution in [-0.4, -0.2) is 24.4 Å². The number of hydrogen-bond donors (Lipinski definition) is 0. The van der Waals surface area contributed by atoms with Crippen molar-refractivity contribution in [3.63, 3.8) is 0 Å². The van der Waals surface area contributed by atoms with Gasteiger partial charge in [0.05, 0.1) is 11.8 Å². The van der Waals surface area contributed by atoms with Crippen LogP contribution in [0.2, 0.25) is 0 Å². The van der Waals surface area contributed by atoms with E-state index < -0.39 is 0 Å². The summed E-state index contributed by atoms with van der Waals surface area (Å²) in [5.74, 6) is 0.0694. The molecule has 1 amide bonds. The molecule has 0 saturated carbocycles. The second-order valence-electron chi connectivity index (χ2n) is 2.79. The number of rotatable bonds is 0. The molecule has 0 saturated heterocycles. The zero-order chi connectivity index (χ0) is 7.84. The van der Waals surface area contributed by atoms with E-state index in [2.05, 4.69) is 0 Å². The van der Waals surface area contributed by atoms with Crippen LogP contribution in [0.1, 0.15) is 15.9 Å². The van der Waals surface area contributed by atoms with Crippen LogP contribution in [0.5, 0.6) is 0 Å². The Kier molecular flexibility index (Phi) is 1.24. The molecule has 3 nitrogen and oxygen atoms in total. The fourth-order valence-corrected chi connectivity index (χ4v) is 1.30. The Morgan fingerprint density at radius 1 is 1.55 bits per heavy atom. The average Bonchev–Trinajstić information content (AvgIpc) is 2.45. The number of amides is 1. The third-order valence-corrected chi connectivity index (χ3v) is 2.04. The van der Waals surface area contributed by atoms with E-state index in [0.717, 1.165) is 24.1 Å². The molecule has 58 valence electrons. The highest BCUT2D eigenvalue weighted by molar-refractivity contribution is 5.96. The van der Waals surface area contributed by atoms with Crippen molar-refractivity contribution in [2.45, 2.75) is 6.42 Å². The molecule has 0 N–H and O–H groups in total. The Balaban J connectivity index is 2.46. The molecular formula is C8H9NO2. The SMILES string of the molecule is CN1CCc2cocc2C1=O. The van der Waals surface area contributed by atoms with Gasteiger partial charge in [0.1, 0.15) is 6.26 Å². The van der Waals surface area contributed by atoms with Gasteiger partial charge in [-0.05, 0) is 6.42 Å². The third kappa shape index (κ3) is 0.843. The summed E-state index contributed by atoms with van der Waals surface area (Å²) >= 11 is 0. The Hall–Kier alpha value is -1.25. The molecule has 0 unspecified atom stereocenters. The molecule has 1 aliphatic heterocycles. The maximum atomic E-state index is 11.3. The first-order chi connectivity index (χ1) is 5.29. The van der Waals surface area contributed by atoms with Crippen LogP contribution >= 0.6 is 0 Å². The van der Waals surface area contributed by atoms with Crippen LogP contribution in [0, 0.1) is 0 Å². The minimum atomic E-state index is 0.0694. The molecule has 2 heterocycles. The number of hydrogen-bond acceptors (Lipinski definition) is 2. The van der Waals surface area contributed by atoms with Crippen molar-refractivity contribution in [1.82, 2.24) is 4.90 Å². The van der Waals surface area contributed by atoms with Crippen LogP contribution < -0.4 is 0 Å². The lowest BCUT2D eigenvalue weighted by Gasteiger charge is -2.21. The first kappa shape index (κ1) is 6.46. The fourth-order valence-electron chi connectivity index (χ4n) is 1.30. The van der Waals surface area contributed by atoms with Crippen LogP contribution in [0.25, 0.3) is 0 Å². The second kappa shape index (κ2) is 2.12. The molecule has 0 atom stereocenters. The van der Waals surface area contributed by atoms with E-state index in [4.69, 9.17) is 4.42 Å². The lowest BCUT2D eigenvalue weighted by molar-refractivity contribution is 0.0781. The van der Waals surface area contributed by atoms with Crippen molar-refractivity contribution in [3.05, 3.63) is 23.7 Å². The van der Waals surface area contributed by atoms with Crippen molar-refractivity contribution >= 4 is 5.91 Å². The number of carbonyl (C=O) groups is 1. The van der Waals surface area contributed by atoms with Gasteiger partial charge >= 0.3 is 0 Å². The molecule has 1 aromatic rings. The molecule has 1 aliphatic rings. The van der Waals surface area contributed by atoms with Gasteiger partial charge in [-0.15, -0.1) is 0 Å². The molecule has 0 bridgehead atoms. The van der Waals surface area contributed by atoms with E-state index in [1.807, 2.05) is 0 Å². The van der Waals surface area contributed by atoms with Gasteiger partial charge in [-0.1, -0.05) is 0 Å². The summed E-state index contributed by atoms with van der Waals surface area (Å²) in [4.78, 5) is 13.0. The van der Waals surface area contributed by atoms with E-state index in [1.54, 1.807) is 18.2 Å². The minimum Gasteiger partial charge on any atom is -0.471 e. The molecule has 2 rings (SSSR count). The summed E-state index contributed by atoms with van der Waals surface area (Å²) in [7, 11) is 1.80. The zero-order valence-electron chi connectivity index (χ0n) is 6.33. The quantitative estimate of drug-likeness (QED) is 0.552. The van der Waals surface area contributed by atoms with Crippen LogP contribution in [0.15, 0.2) is 16.9 Å². The predicted molar refractivity (Wildman–Crippen MR) is 39.4 cm³/mol. The maximum Gasteiger partial charge on any atom is 0.257 e. The van der Waals surface area contributed by atoms with E-state index in [0.29, 0.717) is 0 Å². The summed E-state index contributed by atoms with van der Waals surface area (Å²) in [6.07, 6.45) is 4.08. The summed E-state index contributed by atoms with van der Waals surface area (Å²) in [6.45, 7) is 0.797. The first-order valence-electron chi connectivity index (χ1n) is 3.59. The topological polar surface area (TPSA) is 33.5 Å². The van der Waals surface area contributed by atoms with E-state index in [-0.39, 0.29) is 5.91 Å². The van der Waals surface area contributed by atoms with Gasteiger partial charge in [-0.3, -0.25) is 4.79 Å². The van der Waals surface area contributed by atoms with Gasteiger partial charge in [0.2, 0.25) is 0 Å². The number of nitrogens with zero attached hydrogens (tertiary/aromatic N) is 1. The lowest BCUT2D eigenvalue weighted by Crippen LogP contribution is -2.33. The molecule has 0 aromatic carbocycles. The van der Waals surface area contributed by atoms with Gasteiger partial charge in [-0.25, -0.2) is 0 Å². The summed E-state index contributed by atoms with van der Waals surface area (Å²) in [5, 5.41) is 0. The number of fused-ring (bicyclic) bond motifs is 1. The molecular weight excluding hydrogens is 142 g/mol. The third-order valence-electron chi connectivity index (χ3n) is 2.04. The molecule has 3 heteroatoms. The maximum absolute atomic E-state index is 11.3. The first-order valence-corrected chi connectivity index (χ1v) is 3.59. The molecule has 0 aliphatic carbocycles. The molecule has 0 fully saturated rings. The van der Waals surface area contributed by atoms with E-state index in [1.165, 1.54) is 6.26 Å². The lowest BCUT2D eigenvalue weighted by atomic mass is 10.1. The Morgan fingerprint density at radius 2 is 2.36 bits per heavy atom. The molecule has 1 aromatic heterocycles. The highest BCUT2D eigenvalue weighted by atomic mass is 16.3. The smallest absolute Gasteiger partial charge is 0.257 e. The Bertz CT molecular complexity index is 290. The Morgan fingerprint density at radius 3 is 3.18 bits per heavy atom. The molecule has 0 spiro atoms. The van der Waals surface area contributed by atoms with Gasteiger partial charge in [0.15, 0.2) is 0 Å². The zero-order valence-corrected chi connectivity index (χ0v) is 6.33. The molecule has 0 radical (unpaired) electrons. The predicted octanol–water partition coefficient (Wildman–Crippen LogP) is 0.908. The number of likely N-dealkylation sites (N-methyl/N-ethyl adjacent to an activating group) is 1. The van der Waals surface area contributed by atoms with Crippen LogP contribution in [0.4, 0.5) is 0 Å². The van der Waals surface area contributed by atoms with E-state index in [9.17, 15) is 4.79 Å². The summed E-state index contributed by atoms with van der Waals surface area (Å²) < 4.78 is 4.94. The average molecular weight is 151 g/mol. The fraction of sp³-hybridized carbons (Fsp3) is 0.375. The van der Waals surface area contributed by atoms with Crippen molar-refractivity contribution in [2.24, 2.45) is 0 Å². The second-order valence-corrected chi connectivity index (χ2v) is 2.79. The van der Waals surface area contributed by atoms with Crippen molar-refractivity contribution in [2.75, 3.05) is 13.6 Å². The monoisotopic (exact) mass is 151 g/mol. The van der Waals surface area contributed by atoms with Gasteiger partial charge in [0, 0.05) is 19.2 Å². The van der Waals surface area contributed by atoms with Crippen molar-refractivity contribution < 1.29 is 9.21 Å². The van der Waals surface area contributed by atoms with E-state index >= 15 is 0 Å². The summed E-state index contributed by atoms with van der Waals surface area (Å²) in [6, 6.07) is 0. The number of carbonyl (C=O) groups excluding carboxylic acids is 1. The van der Waals surface area contributed by atoms with Gasteiger partial charge in [0.25, 0.3) is 5.91 Å². The largest absolute Gasteiger partial charge is 0.471 e. The summed E-state index contributed by atoms with van der Waals surface area (Å²) in [5.41, 5.74) is 1.76. The van der Waals surface area contributed by atoms with Crippen molar-refractivity contribution in [1.29, 1.82) is 0 Å². The van der Waals surface area contributed by atoms with Gasteiger partial charge in [-0.2, -0.15) is 0 Å². The highest BCUT2D eigenvalue weighted by Crippen LogP contribution is 2.18. The van der Waals surface area contributed by atoms with Crippen molar-refractivity contribution in [3.8, 4) is 0 Å².